The SMILES string of the molecule is COC(=O)CCC(C)C1CCC2C3CCC4C[C@H](NCCO)CCC4(C)C3CCC12C. The first-order valence-electron chi connectivity index (χ1n) is 13.2. The van der Waals surface area contributed by atoms with Crippen molar-refractivity contribution in [2.24, 2.45) is 46.3 Å². The van der Waals surface area contributed by atoms with Crippen LogP contribution in [0.25, 0.3) is 0 Å². The molecule has 0 aromatic rings. The van der Waals surface area contributed by atoms with Crippen LogP contribution in [-0.2, 0) is 9.53 Å². The average Bonchev–Trinajstić information content (AvgIpc) is 3.13. The maximum atomic E-state index is 11.7. The predicted octanol–water partition coefficient (Wildman–Crippen LogP) is 5.19. The number of aliphatic hydroxyl groups is 1. The van der Waals surface area contributed by atoms with Crippen molar-refractivity contribution in [3.8, 4) is 0 Å². The summed E-state index contributed by atoms with van der Waals surface area (Å²) < 4.78 is 4.90. The minimum atomic E-state index is -0.0504. The Morgan fingerprint density at radius 1 is 1.06 bits per heavy atom. The third-order valence-corrected chi connectivity index (χ3v) is 11.0. The highest BCUT2D eigenvalue weighted by molar-refractivity contribution is 5.69. The van der Waals surface area contributed by atoms with Gasteiger partial charge in [-0.1, -0.05) is 20.8 Å². The molecule has 0 aromatic carbocycles. The number of rotatable bonds is 7. The zero-order valence-corrected chi connectivity index (χ0v) is 20.5. The summed E-state index contributed by atoms with van der Waals surface area (Å²) in [4.78, 5) is 11.7. The van der Waals surface area contributed by atoms with Crippen molar-refractivity contribution in [1.29, 1.82) is 0 Å². The number of methoxy groups -OCH3 is 1. The van der Waals surface area contributed by atoms with E-state index in [2.05, 4.69) is 26.1 Å². The monoisotopic (exact) mass is 433 g/mol. The lowest BCUT2D eigenvalue weighted by molar-refractivity contribution is -0.141. The van der Waals surface area contributed by atoms with Crippen LogP contribution in [0.3, 0.4) is 0 Å². The molecular formula is C27H47NO3. The van der Waals surface area contributed by atoms with Gasteiger partial charge in [-0.25, -0.2) is 0 Å². The van der Waals surface area contributed by atoms with Crippen molar-refractivity contribution < 1.29 is 14.6 Å². The molecule has 0 radical (unpaired) electrons. The van der Waals surface area contributed by atoms with Crippen molar-refractivity contribution >= 4 is 5.97 Å². The van der Waals surface area contributed by atoms with E-state index in [1.807, 2.05) is 0 Å². The Balaban J connectivity index is 1.43. The van der Waals surface area contributed by atoms with Crippen LogP contribution < -0.4 is 5.32 Å². The first kappa shape index (κ1) is 23.5. The van der Waals surface area contributed by atoms with Crippen molar-refractivity contribution in [2.75, 3.05) is 20.3 Å². The fourth-order valence-corrected chi connectivity index (χ4v) is 9.34. The summed E-state index contributed by atoms with van der Waals surface area (Å²) in [6.45, 7) is 8.65. The lowest BCUT2D eigenvalue weighted by Gasteiger charge is -2.61. The van der Waals surface area contributed by atoms with Gasteiger partial charge in [0.15, 0.2) is 0 Å². The Morgan fingerprint density at radius 2 is 1.81 bits per heavy atom. The molecule has 4 aliphatic rings. The lowest BCUT2D eigenvalue weighted by atomic mass is 9.44. The Bertz CT molecular complexity index is 638. The van der Waals surface area contributed by atoms with E-state index in [-0.39, 0.29) is 12.6 Å². The van der Waals surface area contributed by atoms with Crippen LogP contribution >= 0.6 is 0 Å². The van der Waals surface area contributed by atoms with Crippen LogP contribution in [0.1, 0.15) is 91.4 Å². The highest BCUT2D eigenvalue weighted by Crippen LogP contribution is 2.68. The number of hydrogen-bond acceptors (Lipinski definition) is 4. The van der Waals surface area contributed by atoms with Gasteiger partial charge in [0.05, 0.1) is 13.7 Å². The molecule has 2 N–H and O–H groups in total. The molecule has 4 fully saturated rings. The summed E-state index contributed by atoms with van der Waals surface area (Å²) in [5, 5.41) is 12.8. The summed E-state index contributed by atoms with van der Waals surface area (Å²) in [5.74, 6) is 4.91. The number of aliphatic hydroxyl groups excluding tert-OH is 1. The van der Waals surface area contributed by atoms with Crippen LogP contribution in [0.5, 0.6) is 0 Å². The van der Waals surface area contributed by atoms with Gasteiger partial charge >= 0.3 is 5.97 Å². The molecule has 31 heavy (non-hydrogen) atoms. The van der Waals surface area contributed by atoms with Gasteiger partial charge in [-0.2, -0.15) is 0 Å². The van der Waals surface area contributed by atoms with Gasteiger partial charge in [0.25, 0.3) is 0 Å². The highest BCUT2D eigenvalue weighted by Gasteiger charge is 2.60. The van der Waals surface area contributed by atoms with Crippen molar-refractivity contribution in [3.63, 3.8) is 0 Å². The second-order valence-corrected chi connectivity index (χ2v) is 12.1. The minimum absolute atomic E-state index is 0.0504. The van der Waals surface area contributed by atoms with Gasteiger partial charge in [-0.15, -0.1) is 0 Å². The predicted molar refractivity (Wildman–Crippen MR) is 125 cm³/mol. The number of nitrogens with one attached hydrogen (secondary N) is 1. The van der Waals surface area contributed by atoms with E-state index in [1.54, 1.807) is 0 Å². The van der Waals surface area contributed by atoms with E-state index < -0.39 is 0 Å². The number of carbonyl (C=O) groups is 1. The second kappa shape index (κ2) is 9.33. The molecule has 0 aromatic heterocycles. The number of esters is 1. The Labute approximate surface area is 190 Å². The quantitative estimate of drug-likeness (QED) is 0.543. The third-order valence-electron chi connectivity index (χ3n) is 11.0. The molecule has 0 amide bonds. The largest absolute Gasteiger partial charge is 0.469 e. The first-order chi connectivity index (χ1) is 14.8. The van der Waals surface area contributed by atoms with E-state index in [9.17, 15) is 9.90 Å². The maximum Gasteiger partial charge on any atom is 0.305 e. The summed E-state index contributed by atoms with van der Waals surface area (Å²) in [6.07, 6.45) is 13.9. The number of fused-ring (bicyclic) bond motifs is 5. The average molecular weight is 434 g/mol. The molecular weight excluding hydrogens is 386 g/mol. The Morgan fingerprint density at radius 3 is 2.55 bits per heavy atom. The van der Waals surface area contributed by atoms with Gasteiger partial charge in [0.1, 0.15) is 0 Å². The van der Waals surface area contributed by atoms with E-state index in [0.717, 1.165) is 42.6 Å². The van der Waals surface area contributed by atoms with Crippen LogP contribution in [0.2, 0.25) is 0 Å². The smallest absolute Gasteiger partial charge is 0.305 e. The fourth-order valence-electron chi connectivity index (χ4n) is 9.34. The summed E-state index contributed by atoms with van der Waals surface area (Å²) >= 11 is 0. The fraction of sp³-hybridized carbons (Fsp3) is 0.963. The molecule has 0 heterocycles. The van der Waals surface area contributed by atoms with E-state index in [0.29, 0.717) is 29.2 Å². The van der Waals surface area contributed by atoms with Crippen molar-refractivity contribution in [2.45, 2.75) is 97.4 Å². The summed E-state index contributed by atoms with van der Waals surface area (Å²) in [7, 11) is 1.51. The zero-order chi connectivity index (χ0) is 22.2. The molecule has 4 nitrogen and oxygen atoms in total. The van der Waals surface area contributed by atoms with E-state index >= 15 is 0 Å². The van der Waals surface area contributed by atoms with Crippen LogP contribution in [0.4, 0.5) is 0 Å². The topological polar surface area (TPSA) is 58.6 Å². The normalized spacial score (nSPS) is 45.3. The van der Waals surface area contributed by atoms with Crippen molar-refractivity contribution in [3.05, 3.63) is 0 Å². The molecule has 4 rings (SSSR count). The van der Waals surface area contributed by atoms with Gasteiger partial charge in [0, 0.05) is 19.0 Å². The molecule has 4 heteroatoms. The van der Waals surface area contributed by atoms with Crippen LogP contribution in [0.15, 0.2) is 0 Å². The molecule has 4 aliphatic carbocycles. The minimum Gasteiger partial charge on any atom is -0.469 e. The van der Waals surface area contributed by atoms with Gasteiger partial charge in [-0.3, -0.25) is 4.79 Å². The maximum absolute atomic E-state index is 11.7. The molecule has 0 aliphatic heterocycles. The van der Waals surface area contributed by atoms with Crippen molar-refractivity contribution in [1.82, 2.24) is 5.32 Å². The standard InChI is InChI=1S/C27H47NO3/c1-18(5-10-25(30)31-4)22-8-9-23-21-7-6-19-17-20(28-15-16-29)11-13-26(19,2)24(21)12-14-27(22,23)3/h18-24,28-29H,5-17H2,1-4H3/t18?,19?,20-,21?,22?,23?,24?,26?,27?/m1/s1. The molecule has 8 unspecified atom stereocenters. The Kier molecular flexibility index (Phi) is 7.09. The molecule has 9 atom stereocenters. The second-order valence-electron chi connectivity index (χ2n) is 12.1. The number of hydrogen-bond donors (Lipinski definition) is 2. The summed E-state index contributed by atoms with van der Waals surface area (Å²) in [5.41, 5.74) is 0.996. The third kappa shape index (κ3) is 4.21. The zero-order valence-electron chi connectivity index (χ0n) is 20.5. The summed E-state index contributed by atoms with van der Waals surface area (Å²) in [6, 6.07) is 0.613. The molecule has 4 saturated carbocycles. The van der Waals surface area contributed by atoms with E-state index in [1.165, 1.54) is 64.9 Å². The van der Waals surface area contributed by atoms with Crippen LogP contribution in [0, 0.1) is 46.3 Å². The van der Waals surface area contributed by atoms with E-state index in [4.69, 9.17) is 4.74 Å². The van der Waals surface area contributed by atoms with Crippen LogP contribution in [-0.4, -0.2) is 37.4 Å². The van der Waals surface area contributed by atoms with Gasteiger partial charge in [-0.05, 0) is 111 Å². The number of ether oxygens (including phenoxy) is 1. The van der Waals surface area contributed by atoms with Gasteiger partial charge in [0.2, 0.25) is 0 Å². The van der Waals surface area contributed by atoms with Gasteiger partial charge < -0.3 is 15.2 Å². The first-order valence-corrected chi connectivity index (χ1v) is 13.2. The molecule has 0 bridgehead atoms. The number of carbonyl (C=O) groups excluding carboxylic acids is 1. The Hall–Kier alpha value is -0.610. The molecule has 0 spiro atoms. The molecule has 0 saturated heterocycles. The highest BCUT2D eigenvalue weighted by atomic mass is 16.5. The molecule has 178 valence electrons. The lowest BCUT2D eigenvalue weighted by Crippen LogP contribution is -2.55.